The molecule has 0 aliphatic carbocycles. The number of nitrogens with zero attached hydrogens (tertiary/aromatic N) is 4. The number of aromatic nitrogens is 1. The van der Waals surface area contributed by atoms with Crippen molar-refractivity contribution in [3.63, 3.8) is 0 Å². The molecule has 2 N–H and O–H groups in total. The van der Waals surface area contributed by atoms with E-state index in [1.165, 1.54) is 24.0 Å². The number of nitrogens with one attached hydrogen (secondary N) is 1. The first-order chi connectivity index (χ1) is 20.0. The zero-order valence-corrected chi connectivity index (χ0v) is 23.9. The van der Waals surface area contributed by atoms with Gasteiger partial charge in [-0.1, -0.05) is 12.1 Å². The molecule has 42 heavy (non-hydrogen) atoms. The van der Waals surface area contributed by atoms with Crippen LogP contribution in [0.1, 0.15) is 54.6 Å². The predicted octanol–water partition coefficient (Wildman–Crippen LogP) is 6.08. The van der Waals surface area contributed by atoms with Gasteiger partial charge in [0.1, 0.15) is 5.82 Å². The minimum atomic E-state index is -0.939. The van der Waals surface area contributed by atoms with Crippen molar-refractivity contribution in [2.24, 2.45) is 5.92 Å². The Morgan fingerprint density at radius 2 is 1.86 bits per heavy atom. The van der Waals surface area contributed by atoms with E-state index in [-0.39, 0.29) is 28.6 Å². The van der Waals surface area contributed by atoms with Crippen molar-refractivity contribution >= 4 is 39.9 Å². The molecule has 0 radical (unpaired) electrons. The van der Waals surface area contributed by atoms with Crippen LogP contribution < -0.4 is 5.32 Å². The summed E-state index contributed by atoms with van der Waals surface area (Å²) < 4.78 is 15.0. The van der Waals surface area contributed by atoms with Crippen LogP contribution in [0.25, 0.3) is 16.5 Å². The smallest absolute Gasteiger partial charge is 0.407 e. The lowest BCUT2D eigenvalue weighted by molar-refractivity contribution is -0.385. The fraction of sp³-hybridized carbons (Fsp3) is 0.387. The topological polar surface area (TPSA) is 129 Å². The Bertz CT molecular complexity index is 1600. The number of hydrogen-bond donors (Lipinski definition) is 2. The van der Waals surface area contributed by atoms with Gasteiger partial charge in [0.2, 0.25) is 5.91 Å². The summed E-state index contributed by atoms with van der Waals surface area (Å²) in [6, 6.07) is 9.84. The lowest BCUT2D eigenvalue weighted by Crippen LogP contribution is -2.45. The number of nitro groups is 1. The van der Waals surface area contributed by atoms with E-state index >= 15 is 4.39 Å². The van der Waals surface area contributed by atoms with E-state index in [4.69, 9.17) is 5.11 Å². The Morgan fingerprint density at radius 1 is 1.12 bits per heavy atom. The van der Waals surface area contributed by atoms with Gasteiger partial charge in [-0.15, -0.1) is 0 Å². The highest BCUT2D eigenvalue weighted by Crippen LogP contribution is 2.34. The van der Waals surface area contributed by atoms with Crippen LogP contribution in [-0.4, -0.2) is 63.0 Å². The molecule has 5 rings (SSSR count). The largest absolute Gasteiger partial charge is 0.465 e. The van der Waals surface area contributed by atoms with Crippen molar-refractivity contribution in [3.05, 3.63) is 80.8 Å². The molecule has 0 unspecified atom stereocenters. The molecule has 0 bridgehead atoms. The maximum Gasteiger partial charge on any atom is 0.407 e. The van der Waals surface area contributed by atoms with E-state index in [1.54, 1.807) is 6.92 Å². The van der Waals surface area contributed by atoms with Gasteiger partial charge in [-0.3, -0.25) is 19.9 Å². The quantitative estimate of drug-likeness (QED) is 0.269. The first kappa shape index (κ1) is 29.0. The number of halogens is 1. The number of pyridine rings is 1. The lowest BCUT2D eigenvalue weighted by atomic mass is 9.93. The van der Waals surface area contributed by atoms with Gasteiger partial charge in [-0.2, -0.15) is 0 Å². The molecule has 0 saturated carbocycles. The van der Waals surface area contributed by atoms with Crippen molar-refractivity contribution in [1.82, 2.24) is 14.8 Å². The van der Waals surface area contributed by atoms with Crippen LogP contribution in [0.4, 0.5) is 20.6 Å². The minimum absolute atomic E-state index is 0.0811. The number of hydrogen-bond acceptors (Lipinski definition) is 6. The second-order valence-electron chi connectivity index (χ2n) is 11.1. The molecule has 2 aromatic carbocycles. The van der Waals surface area contributed by atoms with Gasteiger partial charge in [-0.25, -0.2) is 9.18 Å². The summed E-state index contributed by atoms with van der Waals surface area (Å²) in [5.74, 6) is -0.547. The third-order valence-electron chi connectivity index (χ3n) is 8.26. The van der Waals surface area contributed by atoms with Crippen LogP contribution in [0.3, 0.4) is 0 Å². The summed E-state index contributed by atoms with van der Waals surface area (Å²) >= 11 is 0. The number of non-ortho nitro benzene ring substituents is 1. The lowest BCUT2D eigenvalue weighted by Gasteiger charge is -2.34. The molecule has 1 aromatic heterocycles. The van der Waals surface area contributed by atoms with Crippen molar-refractivity contribution in [1.29, 1.82) is 0 Å². The summed E-state index contributed by atoms with van der Waals surface area (Å²) in [6.07, 6.45) is 2.90. The van der Waals surface area contributed by atoms with Crippen LogP contribution in [0.5, 0.6) is 0 Å². The van der Waals surface area contributed by atoms with Gasteiger partial charge in [0, 0.05) is 66.6 Å². The van der Waals surface area contributed by atoms with Gasteiger partial charge in [0.15, 0.2) is 0 Å². The van der Waals surface area contributed by atoms with E-state index in [0.29, 0.717) is 45.4 Å². The number of anilines is 1. The first-order valence-corrected chi connectivity index (χ1v) is 14.1. The van der Waals surface area contributed by atoms with Crippen LogP contribution in [0, 0.1) is 35.7 Å². The van der Waals surface area contributed by atoms with Crippen LogP contribution >= 0.6 is 0 Å². The number of carbonyl (C=O) groups excluding carboxylic acids is 1. The fourth-order valence-corrected chi connectivity index (χ4v) is 5.89. The van der Waals surface area contributed by atoms with Crippen molar-refractivity contribution in [2.45, 2.75) is 46.1 Å². The van der Waals surface area contributed by atoms with E-state index in [2.05, 4.69) is 16.4 Å². The van der Waals surface area contributed by atoms with Crippen molar-refractivity contribution in [2.75, 3.05) is 31.5 Å². The second kappa shape index (κ2) is 11.8. The van der Waals surface area contributed by atoms with Crippen LogP contribution in [0.2, 0.25) is 0 Å². The molecule has 2 aliphatic rings. The number of rotatable bonds is 6. The number of piperidine rings is 1. The molecule has 2 aliphatic heterocycles. The Balaban J connectivity index is 1.35. The zero-order chi connectivity index (χ0) is 30.1. The number of amides is 2. The predicted molar refractivity (Wildman–Crippen MR) is 158 cm³/mol. The van der Waals surface area contributed by atoms with E-state index in [0.717, 1.165) is 33.4 Å². The monoisotopic (exact) mass is 575 g/mol. The molecule has 0 spiro atoms. The maximum atomic E-state index is 15.0. The molecule has 2 amide bonds. The fourth-order valence-electron chi connectivity index (χ4n) is 5.89. The summed E-state index contributed by atoms with van der Waals surface area (Å²) in [4.78, 5) is 43.0. The van der Waals surface area contributed by atoms with Crippen LogP contribution in [0.15, 0.2) is 42.5 Å². The van der Waals surface area contributed by atoms with Gasteiger partial charge in [0.05, 0.1) is 16.5 Å². The Labute approximate surface area is 243 Å². The number of carbonyl (C=O) groups is 2. The average molecular weight is 576 g/mol. The molecule has 1 fully saturated rings. The zero-order valence-electron chi connectivity index (χ0n) is 23.9. The molecule has 1 saturated heterocycles. The van der Waals surface area contributed by atoms with E-state index in [1.807, 2.05) is 36.1 Å². The molecule has 10 nitrogen and oxygen atoms in total. The summed E-state index contributed by atoms with van der Waals surface area (Å²) in [6.45, 7) is 7.01. The average Bonchev–Trinajstić information content (AvgIpc) is 2.97. The molecule has 3 heterocycles. The highest BCUT2D eigenvalue weighted by atomic mass is 19.1. The normalized spacial score (nSPS) is 16.7. The number of fused-ring (bicyclic) bond motifs is 1. The van der Waals surface area contributed by atoms with Crippen molar-refractivity contribution in [3.8, 4) is 0 Å². The highest BCUT2D eigenvalue weighted by molar-refractivity contribution is 5.94. The molecular formula is C31H34FN5O5. The number of nitro benzene ring substituents is 1. The second-order valence-corrected chi connectivity index (χ2v) is 11.1. The Hall–Kier alpha value is -4.54. The number of benzene rings is 2. The third kappa shape index (κ3) is 5.90. The van der Waals surface area contributed by atoms with E-state index in [9.17, 15) is 19.7 Å². The Morgan fingerprint density at radius 3 is 2.50 bits per heavy atom. The minimum Gasteiger partial charge on any atom is -0.465 e. The molecule has 11 heteroatoms. The molecule has 3 aromatic rings. The van der Waals surface area contributed by atoms with E-state index < -0.39 is 22.9 Å². The SMILES string of the molecule is Cc1cc(N[C@H](C)c2cc([N+](=O)[O-])cc(C)c2F)c2cc(C3=CCN(C(=O)C4CCN(C(=O)O)CC4)CC3)ccc2n1. The number of aryl methyl sites for hydroxylation is 2. The Kier molecular flexibility index (Phi) is 8.11. The number of likely N-dealkylation sites (tertiary alicyclic amines) is 1. The maximum absolute atomic E-state index is 15.0. The van der Waals surface area contributed by atoms with Gasteiger partial charge < -0.3 is 20.2 Å². The molecule has 220 valence electrons. The molecular weight excluding hydrogens is 541 g/mol. The van der Waals surface area contributed by atoms with Gasteiger partial charge >= 0.3 is 6.09 Å². The third-order valence-corrected chi connectivity index (χ3v) is 8.26. The molecule has 1 atom stereocenters. The summed E-state index contributed by atoms with van der Waals surface area (Å²) in [5, 5.41) is 24.8. The van der Waals surface area contributed by atoms with Crippen molar-refractivity contribution < 1.29 is 24.0 Å². The van der Waals surface area contributed by atoms with Gasteiger partial charge in [-0.05, 0) is 74.9 Å². The van der Waals surface area contributed by atoms with Crippen LogP contribution in [-0.2, 0) is 4.79 Å². The summed E-state index contributed by atoms with van der Waals surface area (Å²) in [5.41, 5.74) is 4.69. The van der Waals surface area contributed by atoms with Gasteiger partial charge in [0.25, 0.3) is 5.69 Å². The standard InChI is InChI=1S/C31H34FN5O5/c1-18-14-24(37(41)42)17-25(29(18)32)20(3)34-28-15-19(2)33-27-5-4-23(16-26(27)28)21-6-10-35(11-7-21)30(38)22-8-12-36(13-9-22)31(39)40/h4-6,14-17,20,22H,7-13H2,1-3H3,(H,33,34)(H,39,40)/t20-/m1/s1. The first-order valence-electron chi connectivity index (χ1n) is 14.1. The number of carboxylic acid groups (broad SMARTS) is 1. The highest BCUT2D eigenvalue weighted by Gasteiger charge is 2.31. The summed E-state index contributed by atoms with van der Waals surface area (Å²) in [7, 11) is 0.